The van der Waals surface area contributed by atoms with Crippen LogP contribution in [0.5, 0.6) is 5.75 Å². The van der Waals surface area contributed by atoms with Crippen LogP contribution in [0, 0.1) is 6.92 Å². The molecule has 144 valence electrons. The van der Waals surface area contributed by atoms with E-state index in [0.717, 1.165) is 29.5 Å². The number of benzene rings is 2. The van der Waals surface area contributed by atoms with Crippen LogP contribution in [-0.2, 0) is 9.59 Å². The molecular weight excluding hydrogens is 381 g/mol. The second-order valence-electron chi connectivity index (χ2n) is 5.53. The van der Waals surface area contributed by atoms with Crippen molar-refractivity contribution in [3.05, 3.63) is 54.1 Å². The summed E-state index contributed by atoms with van der Waals surface area (Å²) in [6.07, 6.45) is -4.76. The number of nitrogens with one attached hydrogen (secondary N) is 2. The van der Waals surface area contributed by atoms with Crippen molar-refractivity contribution in [2.45, 2.75) is 13.3 Å². The monoisotopic (exact) mass is 398 g/mol. The molecule has 2 amide bonds. The number of aryl methyl sites for hydroxylation is 1. The van der Waals surface area contributed by atoms with Crippen LogP contribution in [0.4, 0.5) is 24.5 Å². The smallest absolute Gasteiger partial charge is 0.406 e. The molecule has 0 aliphatic rings. The third-order valence-electron chi connectivity index (χ3n) is 3.14. The lowest BCUT2D eigenvalue weighted by molar-refractivity contribution is -0.274. The van der Waals surface area contributed by atoms with Gasteiger partial charge in [-0.15, -0.1) is 24.9 Å². The summed E-state index contributed by atoms with van der Waals surface area (Å²) >= 11 is 1.13. The molecule has 2 rings (SSSR count). The Morgan fingerprint density at radius 3 is 2.11 bits per heavy atom. The van der Waals surface area contributed by atoms with Gasteiger partial charge in [0.05, 0.1) is 11.5 Å². The molecule has 0 bridgehead atoms. The Morgan fingerprint density at radius 1 is 0.963 bits per heavy atom. The van der Waals surface area contributed by atoms with Crippen LogP contribution in [0.2, 0.25) is 0 Å². The minimum absolute atomic E-state index is 0.0298. The molecule has 5 nitrogen and oxygen atoms in total. The Bertz CT molecular complexity index is 795. The molecule has 0 radical (unpaired) electrons. The molecule has 0 heterocycles. The third-order valence-corrected chi connectivity index (χ3v) is 4.07. The van der Waals surface area contributed by atoms with Crippen molar-refractivity contribution in [2.75, 3.05) is 22.1 Å². The zero-order valence-corrected chi connectivity index (χ0v) is 15.1. The van der Waals surface area contributed by atoms with Gasteiger partial charge in [0.15, 0.2) is 0 Å². The Kier molecular flexibility index (Phi) is 7.12. The van der Waals surface area contributed by atoms with Crippen molar-refractivity contribution < 1.29 is 27.5 Å². The lowest BCUT2D eigenvalue weighted by Crippen LogP contribution is -2.19. The number of amides is 2. The quantitative estimate of drug-likeness (QED) is 0.734. The molecule has 2 aromatic rings. The molecule has 0 fully saturated rings. The van der Waals surface area contributed by atoms with Crippen LogP contribution >= 0.6 is 11.8 Å². The van der Waals surface area contributed by atoms with Crippen LogP contribution in [0.3, 0.4) is 0 Å². The lowest BCUT2D eigenvalue weighted by Gasteiger charge is -2.10. The first kappa shape index (κ1) is 20.6. The lowest BCUT2D eigenvalue weighted by atomic mass is 10.2. The SMILES string of the molecule is Cc1cccc(NC(=O)CSCC(=O)Nc2ccc(OC(F)(F)F)cc2)c1. The second-order valence-corrected chi connectivity index (χ2v) is 6.52. The van der Waals surface area contributed by atoms with Crippen molar-refractivity contribution in [1.82, 2.24) is 0 Å². The van der Waals surface area contributed by atoms with E-state index < -0.39 is 6.36 Å². The molecule has 2 N–H and O–H groups in total. The molecule has 0 saturated carbocycles. The van der Waals surface area contributed by atoms with E-state index in [9.17, 15) is 22.8 Å². The van der Waals surface area contributed by atoms with Crippen LogP contribution < -0.4 is 15.4 Å². The van der Waals surface area contributed by atoms with Crippen molar-refractivity contribution in [2.24, 2.45) is 0 Å². The number of hydrogen-bond acceptors (Lipinski definition) is 4. The summed E-state index contributed by atoms with van der Waals surface area (Å²) in [6, 6.07) is 12.2. The highest BCUT2D eigenvalue weighted by Gasteiger charge is 2.30. The van der Waals surface area contributed by atoms with E-state index in [1.54, 1.807) is 6.07 Å². The highest BCUT2D eigenvalue weighted by Crippen LogP contribution is 2.24. The van der Waals surface area contributed by atoms with Gasteiger partial charge in [-0.2, -0.15) is 0 Å². The number of carbonyl (C=O) groups excluding carboxylic acids is 2. The predicted molar refractivity (Wildman–Crippen MR) is 98.9 cm³/mol. The number of anilines is 2. The van der Waals surface area contributed by atoms with E-state index in [4.69, 9.17) is 0 Å². The van der Waals surface area contributed by atoms with Crippen molar-refractivity contribution in [3.8, 4) is 5.75 Å². The van der Waals surface area contributed by atoms with Gasteiger partial charge in [-0.05, 0) is 48.9 Å². The molecular formula is C18H17F3N2O3S. The first-order valence-electron chi connectivity index (χ1n) is 7.81. The number of ether oxygens (including phenoxy) is 1. The average molecular weight is 398 g/mol. The fraction of sp³-hybridized carbons (Fsp3) is 0.222. The number of rotatable bonds is 7. The van der Waals surface area contributed by atoms with E-state index in [1.807, 2.05) is 25.1 Å². The molecule has 0 unspecified atom stereocenters. The van der Waals surface area contributed by atoms with Crippen LogP contribution in [0.15, 0.2) is 48.5 Å². The molecule has 0 spiro atoms. The number of thioether (sulfide) groups is 1. The largest absolute Gasteiger partial charge is 0.573 e. The topological polar surface area (TPSA) is 67.4 Å². The van der Waals surface area contributed by atoms with Crippen LogP contribution in [0.25, 0.3) is 0 Å². The van der Waals surface area contributed by atoms with Gasteiger partial charge in [0.2, 0.25) is 11.8 Å². The number of alkyl halides is 3. The van der Waals surface area contributed by atoms with Crippen molar-refractivity contribution in [1.29, 1.82) is 0 Å². The molecule has 0 aromatic heterocycles. The standard InChI is InChI=1S/C18H17F3N2O3S/c1-12-3-2-4-14(9-12)23-17(25)11-27-10-16(24)22-13-5-7-15(8-6-13)26-18(19,20)21/h2-9H,10-11H2,1H3,(H,22,24)(H,23,25). The van der Waals surface area contributed by atoms with E-state index >= 15 is 0 Å². The fourth-order valence-electron chi connectivity index (χ4n) is 2.09. The van der Waals surface area contributed by atoms with E-state index in [1.165, 1.54) is 12.1 Å². The Balaban J connectivity index is 1.72. The van der Waals surface area contributed by atoms with Gasteiger partial charge >= 0.3 is 6.36 Å². The maximum atomic E-state index is 12.1. The summed E-state index contributed by atoms with van der Waals surface area (Å²) < 4.78 is 40.0. The molecule has 0 aliphatic heterocycles. The van der Waals surface area contributed by atoms with Crippen LogP contribution in [-0.4, -0.2) is 29.7 Å². The minimum Gasteiger partial charge on any atom is -0.406 e. The second kappa shape index (κ2) is 9.31. The van der Waals surface area contributed by atoms with Gasteiger partial charge in [-0.1, -0.05) is 12.1 Å². The normalized spacial score (nSPS) is 11.0. The first-order valence-corrected chi connectivity index (χ1v) is 8.97. The molecule has 9 heteroatoms. The van der Waals surface area contributed by atoms with Gasteiger partial charge in [0.1, 0.15) is 5.75 Å². The Morgan fingerprint density at radius 2 is 1.56 bits per heavy atom. The van der Waals surface area contributed by atoms with Gasteiger partial charge in [-0.3, -0.25) is 9.59 Å². The zero-order chi connectivity index (χ0) is 19.9. The summed E-state index contributed by atoms with van der Waals surface area (Å²) in [4.78, 5) is 23.7. The summed E-state index contributed by atoms with van der Waals surface area (Å²) in [5, 5.41) is 5.27. The van der Waals surface area contributed by atoms with E-state index in [-0.39, 0.29) is 29.1 Å². The summed E-state index contributed by atoms with van der Waals surface area (Å²) in [5.74, 6) is -0.843. The Labute approximate surface area is 158 Å². The molecule has 27 heavy (non-hydrogen) atoms. The zero-order valence-electron chi connectivity index (χ0n) is 14.3. The molecule has 0 atom stereocenters. The maximum absolute atomic E-state index is 12.1. The van der Waals surface area contributed by atoms with Crippen molar-refractivity contribution >= 4 is 35.0 Å². The first-order chi connectivity index (χ1) is 12.7. The number of hydrogen-bond donors (Lipinski definition) is 2. The highest BCUT2D eigenvalue weighted by atomic mass is 32.2. The van der Waals surface area contributed by atoms with Gasteiger partial charge in [0, 0.05) is 11.4 Å². The van der Waals surface area contributed by atoms with Gasteiger partial charge < -0.3 is 15.4 Å². The van der Waals surface area contributed by atoms with E-state index in [2.05, 4.69) is 15.4 Å². The van der Waals surface area contributed by atoms with Gasteiger partial charge in [0.25, 0.3) is 0 Å². The maximum Gasteiger partial charge on any atom is 0.573 e. The van der Waals surface area contributed by atoms with Crippen molar-refractivity contribution in [3.63, 3.8) is 0 Å². The minimum atomic E-state index is -4.76. The predicted octanol–water partition coefficient (Wildman–Crippen LogP) is 4.20. The summed E-state index contributed by atoms with van der Waals surface area (Å²) in [5.41, 5.74) is 2.04. The molecule has 2 aromatic carbocycles. The molecule has 0 saturated heterocycles. The Hall–Kier alpha value is -2.68. The molecule has 0 aliphatic carbocycles. The summed E-state index contributed by atoms with van der Waals surface area (Å²) in [6.45, 7) is 1.91. The van der Waals surface area contributed by atoms with Crippen LogP contribution in [0.1, 0.15) is 5.56 Å². The average Bonchev–Trinajstić information content (AvgIpc) is 2.55. The van der Waals surface area contributed by atoms with E-state index in [0.29, 0.717) is 11.4 Å². The number of carbonyl (C=O) groups is 2. The van der Waals surface area contributed by atoms with Gasteiger partial charge in [-0.25, -0.2) is 0 Å². The number of halogens is 3. The highest BCUT2D eigenvalue weighted by molar-refractivity contribution is 8.00. The fourth-order valence-corrected chi connectivity index (χ4v) is 2.71. The third kappa shape index (κ3) is 8.04. The summed E-state index contributed by atoms with van der Waals surface area (Å²) in [7, 11) is 0.